The molecule has 1 heterocycles. The number of hydrogen-bond acceptors (Lipinski definition) is 4. The quantitative estimate of drug-likeness (QED) is 0.651. The second-order valence-electron chi connectivity index (χ2n) is 2.58. The molecule has 0 saturated heterocycles. The molecule has 13 heavy (non-hydrogen) atoms. The Balaban J connectivity index is 2.92. The largest absolute Gasteiger partial charge is 0.507 e. The predicted molar refractivity (Wildman–Crippen MR) is 44.9 cm³/mol. The number of phenols is 1. The summed E-state index contributed by atoms with van der Waals surface area (Å²) in [6, 6.07) is 4.53. The summed E-state index contributed by atoms with van der Waals surface area (Å²) in [5, 5.41) is 18.9. The zero-order valence-electron chi connectivity index (χ0n) is 6.52. The van der Waals surface area contributed by atoms with Crippen LogP contribution < -0.4 is 0 Å². The lowest BCUT2D eigenvalue weighted by molar-refractivity contribution is 0.109. The van der Waals surface area contributed by atoms with E-state index in [1.807, 2.05) is 0 Å². The number of aldehydes is 1. The van der Waals surface area contributed by atoms with Gasteiger partial charge in [0.1, 0.15) is 16.7 Å². The highest BCUT2D eigenvalue weighted by Gasteiger charge is 2.14. The molecule has 2 aromatic rings. The van der Waals surface area contributed by atoms with Crippen LogP contribution in [0.2, 0.25) is 0 Å². The van der Waals surface area contributed by atoms with E-state index in [0.717, 1.165) is 0 Å². The number of benzene rings is 1. The number of furan rings is 1. The van der Waals surface area contributed by atoms with Gasteiger partial charge in [0.25, 0.3) is 0 Å². The maximum Gasteiger partial charge on any atom is 0.209 e. The molecule has 0 aliphatic carbocycles. The molecule has 2 rings (SSSR count). The summed E-state index contributed by atoms with van der Waals surface area (Å²) in [7, 11) is 0. The van der Waals surface area contributed by atoms with E-state index in [0.29, 0.717) is 11.9 Å². The number of phenolic OH excluding ortho intramolecular Hbond substituents is 1. The monoisotopic (exact) mass is 178 g/mol. The zero-order valence-corrected chi connectivity index (χ0v) is 6.52. The van der Waals surface area contributed by atoms with Crippen LogP contribution in [0.15, 0.2) is 22.6 Å². The molecular formula is C9H6O4. The van der Waals surface area contributed by atoms with Crippen molar-refractivity contribution in [2.24, 2.45) is 0 Å². The second kappa shape index (κ2) is 2.52. The van der Waals surface area contributed by atoms with E-state index in [4.69, 9.17) is 4.42 Å². The highest BCUT2D eigenvalue weighted by atomic mass is 16.4. The first-order chi connectivity index (χ1) is 6.24. The van der Waals surface area contributed by atoms with Gasteiger partial charge in [0.05, 0.1) is 0 Å². The molecule has 1 aromatic heterocycles. The van der Waals surface area contributed by atoms with Crippen LogP contribution in [0.1, 0.15) is 10.6 Å². The van der Waals surface area contributed by atoms with Crippen LogP contribution in [-0.2, 0) is 0 Å². The molecule has 2 N–H and O–H groups in total. The number of rotatable bonds is 1. The molecule has 4 heteroatoms. The summed E-state index contributed by atoms with van der Waals surface area (Å²) < 4.78 is 4.95. The molecule has 1 aromatic carbocycles. The van der Waals surface area contributed by atoms with E-state index in [-0.39, 0.29) is 22.6 Å². The van der Waals surface area contributed by atoms with Crippen LogP contribution in [0, 0.1) is 0 Å². The van der Waals surface area contributed by atoms with Crippen LogP contribution in [0.4, 0.5) is 0 Å². The van der Waals surface area contributed by atoms with Gasteiger partial charge in [-0.3, -0.25) is 4.79 Å². The third kappa shape index (κ3) is 0.955. The summed E-state index contributed by atoms with van der Waals surface area (Å²) >= 11 is 0. The van der Waals surface area contributed by atoms with Gasteiger partial charge in [-0.2, -0.15) is 0 Å². The molecule has 0 aliphatic heterocycles. The number of carbonyl (C=O) groups is 1. The lowest BCUT2D eigenvalue weighted by Gasteiger charge is -1.91. The smallest absolute Gasteiger partial charge is 0.209 e. The SMILES string of the molecule is O=Cc1oc2cccc(O)c2c1O. The fraction of sp³-hybridized carbons (Fsp3) is 0. The average molecular weight is 178 g/mol. The van der Waals surface area contributed by atoms with E-state index in [9.17, 15) is 15.0 Å². The topological polar surface area (TPSA) is 70.7 Å². The molecule has 0 saturated carbocycles. The third-order valence-corrected chi connectivity index (χ3v) is 1.80. The van der Waals surface area contributed by atoms with Gasteiger partial charge in [0.15, 0.2) is 12.0 Å². The fourth-order valence-corrected chi connectivity index (χ4v) is 1.21. The van der Waals surface area contributed by atoms with Gasteiger partial charge < -0.3 is 14.6 Å². The molecule has 4 nitrogen and oxygen atoms in total. The van der Waals surface area contributed by atoms with Crippen LogP contribution in [0.25, 0.3) is 11.0 Å². The van der Waals surface area contributed by atoms with Gasteiger partial charge in [-0.05, 0) is 12.1 Å². The predicted octanol–water partition coefficient (Wildman–Crippen LogP) is 1.66. The highest BCUT2D eigenvalue weighted by molar-refractivity contribution is 5.96. The van der Waals surface area contributed by atoms with E-state index in [1.165, 1.54) is 6.07 Å². The minimum absolute atomic E-state index is 0.105. The molecule has 0 spiro atoms. The summed E-state index contributed by atoms with van der Waals surface area (Å²) in [6.07, 6.45) is 0.398. The Morgan fingerprint density at radius 1 is 1.31 bits per heavy atom. The number of aromatic hydroxyl groups is 2. The fourth-order valence-electron chi connectivity index (χ4n) is 1.21. The van der Waals surface area contributed by atoms with Crippen LogP contribution >= 0.6 is 0 Å². The number of fused-ring (bicyclic) bond motifs is 1. The normalized spacial score (nSPS) is 10.5. The summed E-state index contributed by atoms with van der Waals surface area (Å²) in [6.45, 7) is 0. The van der Waals surface area contributed by atoms with Crippen molar-refractivity contribution >= 4 is 17.3 Å². The minimum Gasteiger partial charge on any atom is -0.507 e. The molecule has 0 fully saturated rings. The third-order valence-electron chi connectivity index (χ3n) is 1.80. The Morgan fingerprint density at radius 3 is 2.69 bits per heavy atom. The van der Waals surface area contributed by atoms with Gasteiger partial charge >= 0.3 is 0 Å². The van der Waals surface area contributed by atoms with Gasteiger partial charge in [-0.1, -0.05) is 6.07 Å². The molecular weight excluding hydrogens is 172 g/mol. The van der Waals surface area contributed by atoms with Crippen molar-refractivity contribution in [2.75, 3.05) is 0 Å². The van der Waals surface area contributed by atoms with E-state index >= 15 is 0 Å². The summed E-state index contributed by atoms with van der Waals surface area (Å²) in [5.41, 5.74) is 0.291. The summed E-state index contributed by atoms with van der Waals surface area (Å²) in [5.74, 6) is -0.591. The molecule has 66 valence electrons. The molecule has 0 aliphatic rings. The average Bonchev–Trinajstić information content (AvgIpc) is 2.44. The standard InChI is InChI=1S/C9H6O4/c10-4-7-9(12)8-5(11)2-1-3-6(8)13-7/h1-4,11-12H. The number of carbonyl (C=O) groups excluding carboxylic acids is 1. The van der Waals surface area contributed by atoms with Crippen molar-refractivity contribution in [3.8, 4) is 11.5 Å². The molecule has 0 atom stereocenters. The maximum atomic E-state index is 10.4. The Morgan fingerprint density at radius 2 is 2.08 bits per heavy atom. The molecule has 0 unspecified atom stereocenters. The molecule has 0 bridgehead atoms. The Kier molecular flexibility index (Phi) is 1.48. The van der Waals surface area contributed by atoms with Crippen molar-refractivity contribution in [2.45, 2.75) is 0 Å². The van der Waals surface area contributed by atoms with E-state index < -0.39 is 0 Å². The van der Waals surface area contributed by atoms with Crippen molar-refractivity contribution < 1.29 is 19.4 Å². The Labute approximate surface area is 73.0 Å². The van der Waals surface area contributed by atoms with Crippen molar-refractivity contribution in [3.05, 3.63) is 24.0 Å². The molecule has 0 radical (unpaired) electrons. The first-order valence-corrected chi connectivity index (χ1v) is 3.62. The maximum absolute atomic E-state index is 10.4. The minimum atomic E-state index is -0.317. The lowest BCUT2D eigenvalue weighted by atomic mass is 10.2. The summed E-state index contributed by atoms with van der Waals surface area (Å²) in [4.78, 5) is 10.4. The van der Waals surface area contributed by atoms with Crippen LogP contribution in [0.5, 0.6) is 11.5 Å². The molecule has 0 amide bonds. The lowest BCUT2D eigenvalue weighted by Crippen LogP contribution is -1.71. The highest BCUT2D eigenvalue weighted by Crippen LogP contribution is 2.36. The van der Waals surface area contributed by atoms with Crippen molar-refractivity contribution in [1.29, 1.82) is 0 Å². The zero-order chi connectivity index (χ0) is 9.42. The Bertz CT molecular complexity index is 470. The van der Waals surface area contributed by atoms with Crippen molar-refractivity contribution in [1.82, 2.24) is 0 Å². The first-order valence-electron chi connectivity index (χ1n) is 3.62. The van der Waals surface area contributed by atoms with Crippen LogP contribution in [-0.4, -0.2) is 16.5 Å². The second-order valence-corrected chi connectivity index (χ2v) is 2.58. The van der Waals surface area contributed by atoms with Crippen LogP contribution in [0.3, 0.4) is 0 Å². The Hall–Kier alpha value is -1.97. The number of hydrogen-bond donors (Lipinski definition) is 2. The van der Waals surface area contributed by atoms with E-state index in [1.54, 1.807) is 12.1 Å². The van der Waals surface area contributed by atoms with Gasteiger partial charge in [-0.25, -0.2) is 0 Å². The van der Waals surface area contributed by atoms with Gasteiger partial charge in [0, 0.05) is 0 Å². The van der Waals surface area contributed by atoms with Crippen molar-refractivity contribution in [3.63, 3.8) is 0 Å². The first kappa shape index (κ1) is 7.67. The van der Waals surface area contributed by atoms with Gasteiger partial charge in [-0.15, -0.1) is 0 Å². The van der Waals surface area contributed by atoms with Gasteiger partial charge in [0.2, 0.25) is 5.76 Å². The van der Waals surface area contributed by atoms with E-state index in [2.05, 4.69) is 0 Å².